The Balaban J connectivity index is 2.14. The molecule has 0 aliphatic heterocycles. The molecule has 3 aromatic rings. The Kier molecular flexibility index (Phi) is 5.71. The standard InChI is InChI=1S/C19H25N3OS2/c1-5-14-16(15-9-8-12-24-15)17-18(25-14)20-13(4)22(19(17)23)11-10-21(6-2)7-3/h8-9,12H,5-7,10-11H2,1-4H3. The van der Waals surface area contributed by atoms with E-state index in [4.69, 9.17) is 4.98 Å². The molecule has 0 aliphatic carbocycles. The zero-order valence-corrected chi connectivity index (χ0v) is 17.0. The molecule has 3 aromatic heterocycles. The van der Waals surface area contributed by atoms with Gasteiger partial charge in [0, 0.05) is 28.4 Å². The van der Waals surface area contributed by atoms with E-state index in [1.807, 2.05) is 17.6 Å². The highest BCUT2D eigenvalue weighted by Crippen LogP contribution is 2.38. The Morgan fingerprint density at radius 1 is 1.24 bits per heavy atom. The molecule has 0 saturated carbocycles. The number of likely N-dealkylation sites (N-methyl/N-ethyl adjacent to an activating group) is 1. The van der Waals surface area contributed by atoms with Crippen LogP contribution in [0.5, 0.6) is 0 Å². The Morgan fingerprint density at radius 3 is 2.60 bits per heavy atom. The zero-order valence-electron chi connectivity index (χ0n) is 15.3. The molecule has 0 bridgehead atoms. The smallest absolute Gasteiger partial charge is 0.262 e. The second-order valence-corrected chi connectivity index (χ2v) is 8.09. The van der Waals surface area contributed by atoms with Crippen molar-refractivity contribution < 1.29 is 0 Å². The first-order valence-corrected chi connectivity index (χ1v) is 10.6. The molecule has 0 aliphatic rings. The highest BCUT2D eigenvalue weighted by molar-refractivity contribution is 7.20. The first kappa shape index (κ1) is 18.3. The maximum Gasteiger partial charge on any atom is 0.262 e. The molecule has 0 N–H and O–H groups in total. The van der Waals surface area contributed by atoms with Crippen LogP contribution in [0.2, 0.25) is 0 Å². The van der Waals surface area contributed by atoms with Gasteiger partial charge < -0.3 is 4.90 Å². The van der Waals surface area contributed by atoms with Gasteiger partial charge >= 0.3 is 0 Å². The summed E-state index contributed by atoms with van der Waals surface area (Å²) >= 11 is 3.36. The molecule has 0 spiro atoms. The lowest BCUT2D eigenvalue weighted by molar-refractivity contribution is 0.288. The number of fused-ring (bicyclic) bond motifs is 1. The summed E-state index contributed by atoms with van der Waals surface area (Å²) in [4.78, 5) is 23.7. The molecule has 6 heteroatoms. The van der Waals surface area contributed by atoms with Crippen molar-refractivity contribution in [1.82, 2.24) is 14.5 Å². The third-order valence-corrected chi connectivity index (χ3v) is 6.81. The Bertz CT molecular complexity index is 905. The molecule has 0 saturated heterocycles. The Hall–Kier alpha value is -1.50. The monoisotopic (exact) mass is 375 g/mol. The summed E-state index contributed by atoms with van der Waals surface area (Å²) < 4.78 is 1.85. The quantitative estimate of drug-likeness (QED) is 0.614. The van der Waals surface area contributed by atoms with E-state index in [-0.39, 0.29) is 5.56 Å². The number of aryl methyl sites for hydroxylation is 2. The molecular weight excluding hydrogens is 350 g/mol. The lowest BCUT2D eigenvalue weighted by atomic mass is 10.1. The van der Waals surface area contributed by atoms with Crippen molar-refractivity contribution in [3.63, 3.8) is 0 Å². The normalized spacial score (nSPS) is 11.7. The molecule has 0 atom stereocenters. The van der Waals surface area contributed by atoms with Gasteiger partial charge in [0.1, 0.15) is 10.7 Å². The van der Waals surface area contributed by atoms with Gasteiger partial charge in [-0.3, -0.25) is 9.36 Å². The molecule has 4 nitrogen and oxygen atoms in total. The van der Waals surface area contributed by atoms with Gasteiger partial charge in [-0.1, -0.05) is 26.8 Å². The van der Waals surface area contributed by atoms with Gasteiger partial charge in [0.15, 0.2) is 0 Å². The van der Waals surface area contributed by atoms with E-state index in [2.05, 4.69) is 37.1 Å². The molecule has 25 heavy (non-hydrogen) atoms. The average molecular weight is 376 g/mol. The van der Waals surface area contributed by atoms with Crippen LogP contribution < -0.4 is 5.56 Å². The van der Waals surface area contributed by atoms with Gasteiger partial charge in [-0.25, -0.2) is 4.98 Å². The first-order chi connectivity index (χ1) is 12.1. The van der Waals surface area contributed by atoms with E-state index in [0.29, 0.717) is 6.54 Å². The van der Waals surface area contributed by atoms with E-state index in [9.17, 15) is 4.79 Å². The van der Waals surface area contributed by atoms with Crippen molar-refractivity contribution in [3.8, 4) is 10.4 Å². The fourth-order valence-electron chi connectivity index (χ4n) is 3.21. The minimum atomic E-state index is 0.106. The lowest BCUT2D eigenvalue weighted by Gasteiger charge is -2.19. The van der Waals surface area contributed by atoms with Crippen molar-refractivity contribution in [1.29, 1.82) is 0 Å². The maximum atomic E-state index is 13.3. The molecule has 0 amide bonds. The van der Waals surface area contributed by atoms with Crippen molar-refractivity contribution in [2.24, 2.45) is 0 Å². The molecule has 0 radical (unpaired) electrons. The summed E-state index contributed by atoms with van der Waals surface area (Å²) in [7, 11) is 0. The van der Waals surface area contributed by atoms with E-state index in [1.54, 1.807) is 22.7 Å². The van der Waals surface area contributed by atoms with Crippen molar-refractivity contribution in [3.05, 3.63) is 38.6 Å². The summed E-state index contributed by atoms with van der Waals surface area (Å²) in [6, 6.07) is 4.15. The maximum absolute atomic E-state index is 13.3. The van der Waals surface area contributed by atoms with Crippen LogP contribution in [0.3, 0.4) is 0 Å². The molecule has 3 heterocycles. The molecule has 0 fully saturated rings. The predicted octanol–water partition coefficient (Wildman–Crippen LogP) is 4.40. The molecule has 0 aromatic carbocycles. The fraction of sp³-hybridized carbons (Fsp3) is 0.474. The largest absolute Gasteiger partial charge is 0.302 e. The van der Waals surface area contributed by atoms with Crippen LogP contribution >= 0.6 is 22.7 Å². The third kappa shape index (κ3) is 3.43. The predicted molar refractivity (Wildman–Crippen MR) is 109 cm³/mol. The summed E-state index contributed by atoms with van der Waals surface area (Å²) in [5.41, 5.74) is 1.21. The van der Waals surface area contributed by atoms with Gasteiger partial charge in [-0.15, -0.1) is 22.7 Å². The molecule has 3 rings (SSSR count). The second-order valence-electron chi connectivity index (χ2n) is 6.05. The van der Waals surface area contributed by atoms with Gasteiger partial charge in [-0.05, 0) is 37.9 Å². The highest BCUT2D eigenvalue weighted by atomic mass is 32.1. The van der Waals surface area contributed by atoms with Crippen LogP contribution in [-0.4, -0.2) is 34.1 Å². The number of hydrogen-bond acceptors (Lipinski definition) is 5. The van der Waals surface area contributed by atoms with Gasteiger partial charge in [-0.2, -0.15) is 0 Å². The first-order valence-electron chi connectivity index (χ1n) is 8.89. The second kappa shape index (κ2) is 7.81. The van der Waals surface area contributed by atoms with Crippen LogP contribution in [0.1, 0.15) is 31.5 Å². The summed E-state index contributed by atoms with van der Waals surface area (Å²) in [5, 5.41) is 2.87. The highest BCUT2D eigenvalue weighted by Gasteiger charge is 2.20. The van der Waals surface area contributed by atoms with E-state index < -0.39 is 0 Å². The van der Waals surface area contributed by atoms with Gasteiger partial charge in [0.05, 0.1) is 5.39 Å². The van der Waals surface area contributed by atoms with Crippen LogP contribution in [0, 0.1) is 6.92 Å². The summed E-state index contributed by atoms with van der Waals surface area (Å²) in [5.74, 6) is 0.811. The SMILES string of the molecule is CCc1sc2nc(C)n(CCN(CC)CC)c(=O)c2c1-c1cccs1. The molecule has 134 valence electrons. The minimum Gasteiger partial charge on any atom is -0.302 e. The van der Waals surface area contributed by atoms with Gasteiger partial charge in [0.2, 0.25) is 0 Å². The number of aromatic nitrogens is 2. The number of nitrogens with zero attached hydrogens (tertiary/aromatic N) is 3. The number of hydrogen-bond donors (Lipinski definition) is 0. The lowest BCUT2D eigenvalue weighted by Crippen LogP contribution is -2.32. The van der Waals surface area contributed by atoms with Gasteiger partial charge in [0.25, 0.3) is 5.56 Å². The number of thiophene rings is 2. The fourth-order valence-corrected chi connectivity index (χ4v) is 5.24. The average Bonchev–Trinajstić information content (AvgIpc) is 3.24. The van der Waals surface area contributed by atoms with Crippen molar-refractivity contribution in [2.75, 3.05) is 19.6 Å². The minimum absolute atomic E-state index is 0.106. The third-order valence-electron chi connectivity index (χ3n) is 4.70. The molecule has 0 unspecified atom stereocenters. The van der Waals surface area contributed by atoms with Crippen molar-refractivity contribution >= 4 is 32.9 Å². The van der Waals surface area contributed by atoms with E-state index in [0.717, 1.165) is 47.7 Å². The zero-order chi connectivity index (χ0) is 18.0. The van der Waals surface area contributed by atoms with E-state index in [1.165, 1.54) is 9.75 Å². The topological polar surface area (TPSA) is 38.1 Å². The van der Waals surface area contributed by atoms with Crippen LogP contribution in [0.15, 0.2) is 22.3 Å². The number of rotatable bonds is 7. The Labute approximate surface area is 156 Å². The molecular formula is C19H25N3OS2. The summed E-state index contributed by atoms with van der Waals surface area (Å²) in [6.45, 7) is 12.0. The Morgan fingerprint density at radius 2 is 2.00 bits per heavy atom. The van der Waals surface area contributed by atoms with Crippen LogP contribution in [-0.2, 0) is 13.0 Å². The van der Waals surface area contributed by atoms with Crippen molar-refractivity contribution in [2.45, 2.75) is 40.7 Å². The van der Waals surface area contributed by atoms with Crippen LogP contribution in [0.4, 0.5) is 0 Å². The summed E-state index contributed by atoms with van der Waals surface area (Å²) in [6.07, 6.45) is 0.923. The van der Waals surface area contributed by atoms with E-state index >= 15 is 0 Å². The van der Waals surface area contributed by atoms with Crippen LogP contribution in [0.25, 0.3) is 20.7 Å².